The molecule has 1 aliphatic rings. The summed E-state index contributed by atoms with van der Waals surface area (Å²) < 4.78 is 5.05. The first-order chi connectivity index (χ1) is 7.93. The number of benzene rings is 1. The number of ether oxygens (including phenoxy) is 1. The van der Waals surface area contributed by atoms with Gasteiger partial charge in [-0.15, -0.1) is 0 Å². The fourth-order valence-electron chi connectivity index (χ4n) is 2.89. The quantitative estimate of drug-likeness (QED) is 0.605. The van der Waals surface area contributed by atoms with E-state index in [1.165, 1.54) is 12.7 Å². The molecule has 1 aliphatic carbocycles. The van der Waals surface area contributed by atoms with Crippen LogP contribution in [-0.2, 0) is 9.53 Å². The van der Waals surface area contributed by atoms with Gasteiger partial charge in [-0.25, -0.2) is 0 Å². The maximum Gasteiger partial charge on any atom is 0.309 e. The number of carbonyl (C=O) groups is 1. The van der Waals surface area contributed by atoms with Crippen molar-refractivity contribution >= 4 is 14.0 Å². The average Bonchev–Trinajstić information content (AvgIpc) is 3.05. The van der Waals surface area contributed by atoms with Gasteiger partial charge < -0.3 is 4.74 Å². The Labute approximate surface area is 104 Å². The second-order valence-electron chi connectivity index (χ2n) is 5.88. The molecular formula is C14H20O2Si. The molecule has 2 atom stereocenters. The Bertz CT molecular complexity index is 422. The predicted octanol–water partition coefficient (Wildman–Crippen LogP) is 3.43. The van der Waals surface area contributed by atoms with E-state index >= 15 is 0 Å². The summed E-state index contributed by atoms with van der Waals surface area (Å²) in [5.41, 5.74) is 1.28. The molecule has 0 aliphatic heterocycles. The van der Waals surface area contributed by atoms with Crippen LogP contribution in [0.25, 0.3) is 0 Å². The molecule has 0 heterocycles. The van der Waals surface area contributed by atoms with Gasteiger partial charge >= 0.3 is 5.97 Å². The van der Waals surface area contributed by atoms with Crippen molar-refractivity contribution < 1.29 is 9.53 Å². The summed E-state index contributed by atoms with van der Waals surface area (Å²) >= 11 is 0. The lowest BCUT2D eigenvalue weighted by Gasteiger charge is -2.28. The van der Waals surface area contributed by atoms with Gasteiger partial charge in [0.2, 0.25) is 0 Å². The number of methoxy groups -OCH3 is 1. The Kier molecular flexibility index (Phi) is 2.90. The summed E-state index contributed by atoms with van der Waals surface area (Å²) in [6.45, 7) is 6.77. The second-order valence-corrected chi connectivity index (χ2v) is 11.3. The van der Waals surface area contributed by atoms with Gasteiger partial charge in [-0.05, 0) is 17.9 Å². The van der Waals surface area contributed by atoms with Gasteiger partial charge in [0.1, 0.15) is 0 Å². The molecule has 2 nitrogen and oxygen atoms in total. The molecule has 0 amide bonds. The van der Waals surface area contributed by atoms with Crippen LogP contribution in [0.2, 0.25) is 24.7 Å². The van der Waals surface area contributed by atoms with Gasteiger partial charge in [0.25, 0.3) is 0 Å². The standard InChI is InChI=1S/C14H20O2Si/c1-16-13(15)14(17(2,3)4)10-12(14)11-8-6-5-7-9-11/h5-9,12H,10H2,1-4H3/t12-,14+/m0/s1. The molecule has 92 valence electrons. The third-order valence-corrected chi connectivity index (χ3v) is 7.48. The third-order valence-electron chi connectivity index (χ3n) is 4.05. The summed E-state index contributed by atoms with van der Waals surface area (Å²) in [5.74, 6) is 0.355. The van der Waals surface area contributed by atoms with E-state index in [4.69, 9.17) is 4.74 Å². The molecule has 3 heteroatoms. The lowest BCUT2D eigenvalue weighted by Crippen LogP contribution is -2.37. The Morgan fingerprint density at radius 3 is 2.35 bits per heavy atom. The van der Waals surface area contributed by atoms with Gasteiger partial charge in [-0.2, -0.15) is 0 Å². The topological polar surface area (TPSA) is 26.3 Å². The number of hydrogen-bond acceptors (Lipinski definition) is 2. The van der Waals surface area contributed by atoms with E-state index in [2.05, 4.69) is 31.8 Å². The van der Waals surface area contributed by atoms with Crippen molar-refractivity contribution in [3.05, 3.63) is 35.9 Å². The molecule has 1 saturated carbocycles. The summed E-state index contributed by atoms with van der Waals surface area (Å²) in [7, 11) is -0.0736. The molecule has 0 radical (unpaired) electrons. The molecular weight excluding hydrogens is 228 g/mol. The van der Waals surface area contributed by atoms with Crippen LogP contribution < -0.4 is 0 Å². The highest BCUT2D eigenvalue weighted by atomic mass is 28.3. The average molecular weight is 248 g/mol. The van der Waals surface area contributed by atoms with Gasteiger partial charge in [-0.3, -0.25) is 4.79 Å². The lowest BCUT2D eigenvalue weighted by molar-refractivity contribution is -0.141. The Morgan fingerprint density at radius 2 is 1.88 bits per heavy atom. The zero-order chi connectivity index (χ0) is 12.7. The van der Waals surface area contributed by atoms with Gasteiger partial charge in [0.15, 0.2) is 0 Å². The maximum atomic E-state index is 12.1. The zero-order valence-electron chi connectivity index (χ0n) is 11.0. The summed E-state index contributed by atoms with van der Waals surface area (Å²) in [5, 5.41) is -0.205. The van der Waals surface area contributed by atoms with Gasteiger partial charge in [-0.1, -0.05) is 50.0 Å². The van der Waals surface area contributed by atoms with E-state index in [1.54, 1.807) is 0 Å². The normalized spacial score (nSPS) is 27.6. The fourth-order valence-corrected chi connectivity index (χ4v) is 5.64. The molecule has 2 rings (SSSR count). The molecule has 0 bridgehead atoms. The minimum atomic E-state index is -1.58. The lowest BCUT2D eigenvalue weighted by atomic mass is 10.1. The molecule has 17 heavy (non-hydrogen) atoms. The van der Waals surface area contributed by atoms with Crippen molar-refractivity contribution in [2.45, 2.75) is 37.0 Å². The molecule has 0 unspecified atom stereocenters. The van der Waals surface area contributed by atoms with E-state index in [1.807, 2.05) is 18.2 Å². The Balaban J connectivity index is 2.34. The van der Waals surface area contributed by atoms with E-state index in [-0.39, 0.29) is 11.0 Å². The number of hydrogen-bond donors (Lipinski definition) is 0. The smallest absolute Gasteiger partial charge is 0.309 e. The molecule has 1 fully saturated rings. The first-order valence-corrected chi connectivity index (χ1v) is 9.57. The van der Waals surface area contributed by atoms with Crippen LogP contribution in [0, 0.1) is 0 Å². The zero-order valence-corrected chi connectivity index (χ0v) is 12.0. The summed E-state index contributed by atoms with van der Waals surface area (Å²) in [6, 6.07) is 10.3. The molecule has 1 aromatic rings. The van der Waals surface area contributed by atoms with Crippen LogP contribution in [0.5, 0.6) is 0 Å². The minimum absolute atomic E-state index is 0.00878. The van der Waals surface area contributed by atoms with Crippen LogP contribution in [0.1, 0.15) is 17.9 Å². The van der Waals surface area contributed by atoms with Crippen LogP contribution in [-0.4, -0.2) is 21.2 Å². The number of carbonyl (C=O) groups excluding carboxylic acids is 1. The van der Waals surface area contributed by atoms with Crippen molar-refractivity contribution in [3.63, 3.8) is 0 Å². The highest BCUT2D eigenvalue weighted by molar-refractivity contribution is 6.83. The summed E-state index contributed by atoms with van der Waals surface area (Å²) in [6.07, 6.45) is 0.958. The van der Waals surface area contributed by atoms with Gasteiger partial charge in [0, 0.05) is 0 Å². The van der Waals surface area contributed by atoms with Crippen molar-refractivity contribution in [2.24, 2.45) is 0 Å². The molecule has 1 aromatic carbocycles. The highest BCUT2D eigenvalue weighted by Gasteiger charge is 2.68. The van der Waals surface area contributed by atoms with Crippen LogP contribution in [0.15, 0.2) is 30.3 Å². The fraction of sp³-hybridized carbons (Fsp3) is 0.500. The van der Waals surface area contributed by atoms with Crippen molar-refractivity contribution in [1.29, 1.82) is 0 Å². The SMILES string of the molecule is COC(=O)[C@@]1([Si](C)(C)C)C[C@H]1c1ccccc1. The van der Waals surface area contributed by atoms with E-state index in [9.17, 15) is 4.79 Å². The predicted molar refractivity (Wildman–Crippen MR) is 71.9 cm³/mol. The molecule has 0 spiro atoms. The van der Waals surface area contributed by atoms with E-state index in [0.717, 1.165) is 6.42 Å². The van der Waals surface area contributed by atoms with Crippen molar-refractivity contribution in [2.75, 3.05) is 7.11 Å². The molecule has 0 aromatic heterocycles. The highest BCUT2D eigenvalue weighted by Crippen LogP contribution is 2.71. The molecule has 0 N–H and O–H groups in total. The van der Waals surface area contributed by atoms with Crippen molar-refractivity contribution in [1.82, 2.24) is 0 Å². The first-order valence-electron chi connectivity index (χ1n) is 6.07. The first kappa shape index (κ1) is 12.4. The van der Waals surface area contributed by atoms with Crippen LogP contribution >= 0.6 is 0 Å². The van der Waals surface area contributed by atoms with Gasteiger partial charge in [0.05, 0.1) is 20.2 Å². The summed E-state index contributed by atoms with van der Waals surface area (Å²) in [4.78, 5) is 12.1. The van der Waals surface area contributed by atoms with Crippen molar-refractivity contribution in [3.8, 4) is 0 Å². The maximum absolute atomic E-state index is 12.1. The number of rotatable bonds is 3. The third kappa shape index (κ3) is 1.82. The Hall–Kier alpha value is -1.09. The second kappa shape index (κ2) is 3.98. The molecule has 0 saturated heterocycles. The largest absolute Gasteiger partial charge is 0.469 e. The minimum Gasteiger partial charge on any atom is -0.469 e. The van der Waals surface area contributed by atoms with Crippen LogP contribution in [0.3, 0.4) is 0 Å². The monoisotopic (exact) mass is 248 g/mol. The number of esters is 1. The van der Waals surface area contributed by atoms with E-state index in [0.29, 0.717) is 5.92 Å². The Morgan fingerprint density at radius 1 is 1.29 bits per heavy atom. The van der Waals surface area contributed by atoms with E-state index < -0.39 is 8.07 Å². The van der Waals surface area contributed by atoms with Crippen LogP contribution in [0.4, 0.5) is 0 Å².